The second-order valence-electron chi connectivity index (χ2n) is 5.46. The van der Waals surface area contributed by atoms with E-state index in [-0.39, 0.29) is 35.5 Å². The first-order valence-corrected chi connectivity index (χ1v) is 8.43. The van der Waals surface area contributed by atoms with Crippen molar-refractivity contribution in [3.05, 3.63) is 23.3 Å². The number of hydrogen-bond acceptors (Lipinski definition) is 4. The summed E-state index contributed by atoms with van der Waals surface area (Å²) in [5.74, 6) is -0.131. The first kappa shape index (κ1) is 15.8. The third kappa shape index (κ3) is 4.18. The minimum absolute atomic E-state index is 0.0627. The van der Waals surface area contributed by atoms with Crippen LogP contribution in [0.2, 0.25) is 0 Å². The van der Waals surface area contributed by atoms with E-state index in [1.54, 1.807) is 12.1 Å². The molecule has 116 valence electrons. The predicted molar refractivity (Wildman–Crippen MR) is 81.3 cm³/mol. The third-order valence-electron chi connectivity index (χ3n) is 3.50. The van der Waals surface area contributed by atoms with Crippen LogP contribution in [0.5, 0.6) is 0 Å². The molecule has 0 atom stereocenters. The van der Waals surface area contributed by atoms with Crippen LogP contribution >= 0.6 is 0 Å². The topological polar surface area (TPSA) is 101 Å². The standard InChI is InChI=1S/C14H21N3O3S/c1-9-7-12(15)13(8-10(9)2)21(19,20)16-6-5-14(18)17-11-3-4-11/h7-8,11,16H,3-6,15H2,1-2H3,(H,17,18). The Balaban J connectivity index is 1.97. The van der Waals surface area contributed by atoms with E-state index >= 15 is 0 Å². The van der Waals surface area contributed by atoms with E-state index in [9.17, 15) is 13.2 Å². The number of carbonyl (C=O) groups is 1. The number of rotatable bonds is 6. The smallest absolute Gasteiger partial charge is 0.242 e. The maximum Gasteiger partial charge on any atom is 0.242 e. The van der Waals surface area contributed by atoms with Crippen molar-refractivity contribution < 1.29 is 13.2 Å². The van der Waals surface area contributed by atoms with Crippen LogP contribution in [-0.2, 0) is 14.8 Å². The van der Waals surface area contributed by atoms with E-state index in [2.05, 4.69) is 10.0 Å². The predicted octanol–water partition coefficient (Wildman–Crippen LogP) is 0.833. The number of nitrogen functional groups attached to an aromatic ring is 1. The Labute approximate surface area is 125 Å². The molecule has 6 nitrogen and oxygen atoms in total. The van der Waals surface area contributed by atoms with Gasteiger partial charge in [-0.3, -0.25) is 4.79 Å². The van der Waals surface area contributed by atoms with E-state index in [0.717, 1.165) is 24.0 Å². The monoisotopic (exact) mass is 311 g/mol. The Morgan fingerprint density at radius 1 is 1.29 bits per heavy atom. The van der Waals surface area contributed by atoms with Gasteiger partial charge in [-0.1, -0.05) is 0 Å². The second kappa shape index (κ2) is 6.03. The zero-order valence-corrected chi connectivity index (χ0v) is 13.1. The molecule has 0 aliphatic heterocycles. The Bertz CT molecular complexity index is 652. The van der Waals surface area contributed by atoms with E-state index < -0.39 is 10.0 Å². The lowest BCUT2D eigenvalue weighted by Gasteiger charge is -2.11. The minimum atomic E-state index is -3.69. The van der Waals surface area contributed by atoms with Crippen LogP contribution in [-0.4, -0.2) is 26.9 Å². The van der Waals surface area contributed by atoms with Gasteiger partial charge in [-0.25, -0.2) is 13.1 Å². The maximum absolute atomic E-state index is 12.2. The molecule has 1 saturated carbocycles. The van der Waals surface area contributed by atoms with Crippen molar-refractivity contribution in [2.45, 2.75) is 44.0 Å². The van der Waals surface area contributed by atoms with Crippen molar-refractivity contribution in [3.8, 4) is 0 Å². The lowest BCUT2D eigenvalue weighted by atomic mass is 10.1. The Kier molecular flexibility index (Phi) is 4.53. The summed E-state index contributed by atoms with van der Waals surface area (Å²) in [7, 11) is -3.69. The van der Waals surface area contributed by atoms with Gasteiger partial charge in [-0.05, 0) is 49.9 Å². The van der Waals surface area contributed by atoms with E-state index in [4.69, 9.17) is 5.73 Å². The van der Waals surface area contributed by atoms with Gasteiger partial charge >= 0.3 is 0 Å². The number of carbonyl (C=O) groups excluding carboxylic acids is 1. The van der Waals surface area contributed by atoms with E-state index in [1.165, 1.54) is 0 Å². The summed E-state index contributed by atoms with van der Waals surface area (Å²) < 4.78 is 26.8. The summed E-state index contributed by atoms with van der Waals surface area (Å²) in [4.78, 5) is 11.6. The van der Waals surface area contributed by atoms with Gasteiger partial charge < -0.3 is 11.1 Å². The number of anilines is 1. The Morgan fingerprint density at radius 2 is 1.90 bits per heavy atom. The van der Waals surface area contributed by atoms with Crippen LogP contribution in [0, 0.1) is 13.8 Å². The van der Waals surface area contributed by atoms with Crippen molar-refractivity contribution in [1.82, 2.24) is 10.0 Å². The van der Waals surface area contributed by atoms with Crippen LogP contribution in [0.3, 0.4) is 0 Å². The quantitative estimate of drug-likeness (QED) is 0.677. The second-order valence-corrected chi connectivity index (χ2v) is 7.20. The average Bonchev–Trinajstić information content (AvgIpc) is 3.17. The first-order chi connectivity index (χ1) is 9.79. The van der Waals surface area contributed by atoms with Crippen LogP contribution in [0.15, 0.2) is 17.0 Å². The highest BCUT2D eigenvalue weighted by atomic mass is 32.2. The molecule has 2 rings (SSSR count). The van der Waals surface area contributed by atoms with Crippen molar-refractivity contribution in [2.24, 2.45) is 0 Å². The zero-order valence-electron chi connectivity index (χ0n) is 12.3. The fourth-order valence-corrected chi connectivity index (χ4v) is 3.18. The summed E-state index contributed by atoms with van der Waals surface area (Å²) in [5, 5.41) is 2.81. The summed E-state index contributed by atoms with van der Waals surface area (Å²) in [6, 6.07) is 3.48. The Morgan fingerprint density at radius 3 is 2.52 bits per heavy atom. The normalized spacial score (nSPS) is 15.0. The molecule has 21 heavy (non-hydrogen) atoms. The van der Waals surface area contributed by atoms with Crippen LogP contribution in [0.25, 0.3) is 0 Å². The molecule has 7 heteroatoms. The largest absolute Gasteiger partial charge is 0.398 e. The van der Waals surface area contributed by atoms with E-state index in [1.807, 2.05) is 13.8 Å². The SMILES string of the molecule is Cc1cc(N)c(S(=O)(=O)NCCC(=O)NC2CC2)cc1C. The average molecular weight is 311 g/mol. The lowest BCUT2D eigenvalue weighted by molar-refractivity contribution is -0.121. The van der Waals surface area contributed by atoms with Gasteiger partial charge in [0, 0.05) is 19.0 Å². The maximum atomic E-state index is 12.2. The number of sulfonamides is 1. The molecule has 0 bridgehead atoms. The highest BCUT2D eigenvalue weighted by Crippen LogP contribution is 2.22. The number of benzene rings is 1. The zero-order chi connectivity index (χ0) is 15.6. The van der Waals surface area contributed by atoms with Crippen molar-refractivity contribution in [2.75, 3.05) is 12.3 Å². The van der Waals surface area contributed by atoms with Gasteiger partial charge in [-0.15, -0.1) is 0 Å². The van der Waals surface area contributed by atoms with Crippen molar-refractivity contribution >= 4 is 21.6 Å². The fraction of sp³-hybridized carbons (Fsp3) is 0.500. The number of amides is 1. The first-order valence-electron chi connectivity index (χ1n) is 6.95. The van der Waals surface area contributed by atoms with Crippen molar-refractivity contribution in [1.29, 1.82) is 0 Å². The van der Waals surface area contributed by atoms with Gasteiger partial charge in [-0.2, -0.15) is 0 Å². The van der Waals surface area contributed by atoms with Crippen LogP contribution in [0.4, 0.5) is 5.69 Å². The molecule has 4 N–H and O–H groups in total. The molecule has 1 aromatic rings. The Hall–Kier alpha value is -1.60. The molecule has 0 saturated heterocycles. The fourth-order valence-electron chi connectivity index (χ4n) is 1.95. The molecule has 1 fully saturated rings. The van der Waals surface area contributed by atoms with Crippen molar-refractivity contribution in [3.63, 3.8) is 0 Å². The number of aryl methyl sites for hydroxylation is 2. The molecule has 1 aromatic carbocycles. The van der Waals surface area contributed by atoms with Gasteiger partial charge in [0.25, 0.3) is 0 Å². The van der Waals surface area contributed by atoms with Gasteiger partial charge in [0.2, 0.25) is 15.9 Å². The summed E-state index contributed by atoms with van der Waals surface area (Å²) in [5.41, 5.74) is 7.80. The third-order valence-corrected chi connectivity index (χ3v) is 5.02. The van der Waals surface area contributed by atoms with Gasteiger partial charge in [0.05, 0.1) is 5.69 Å². The van der Waals surface area contributed by atoms with Gasteiger partial charge in [0.15, 0.2) is 0 Å². The minimum Gasteiger partial charge on any atom is -0.398 e. The van der Waals surface area contributed by atoms with Crippen LogP contribution < -0.4 is 15.8 Å². The lowest BCUT2D eigenvalue weighted by Crippen LogP contribution is -2.32. The van der Waals surface area contributed by atoms with Gasteiger partial charge in [0.1, 0.15) is 4.90 Å². The van der Waals surface area contributed by atoms with Crippen LogP contribution in [0.1, 0.15) is 30.4 Å². The molecule has 1 amide bonds. The number of hydrogen-bond donors (Lipinski definition) is 3. The summed E-state index contributed by atoms with van der Waals surface area (Å²) in [6.07, 6.45) is 2.15. The molecule has 0 aromatic heterocycles. The summed E-state index contributed by atoms with van der Waals surface area (Å²) in [6.45, 7) is 3.77. The molecule has 0 unspecified atom stereocenters. The molecular weight excluding hydrogens is 290 g/mol. The molecular formula is C14H21N3O3S. The molecule has 0 spiro atoms. The number of nitrogens with two attached hydrogens (primary N) is 1. The molecule has 0 heterocycles. The molecule has 1 aliphatic rings. The highest BCUT2D eigenvalue weighted by Gasteiger charge is 2.23. The number of nitrogens with one attached hydrogen (secondary N) is 2. The highest BCUT2D eigenvalue weighted by molar-refractivity contribution is 7.89. The molecule has 0 radical (unpaired) electrons. The van der Waals surface area contributed by atoms with E-state index in [0.29, 0.717) is 0 Å². The molecule has 1 aliphatic carbocycles. The summed E-state index contributed by atoms with van der Waals surface area (Å²) >= 11 is 0.